The number of amides is 1. The number of anilines is 1. The molecule has 0 aliphatic heterocycles. The third kappa shape index (κ3) is 4.58. The predicted molar refractivity (Wildman–Crippen MR) is 108 cm³/mol. The molecule has 0 fully saturated rings. The molecule has 7 nitrogen and oxygen atoms in total. The van der Waals surface area contributed by atoms with Gasteiger partial charge in [-0.15, -0.1) is 0 Å². The SMILES string of the molecule is COc1cc(CCC(=O)Nc2nc(-c3ccccc3)ns2)cc(OC)c1OC. The van der Waals surface area contributed by atoms with Crippen molar-refractivity contribution in [1.29, 1.82) is 0 Å². The Morgan fingerprint density at radius 2 is 1.71 bits per heavy atom. The molecule has 28 heavy (non-hydrogen) atoms. The van der Waals surface area contributed by atoms with Crippen LogP contribution in [0.1, 0.15) is 12.0 Å². The first-order chi connectivity index (χ1) is 13.6. The second kappa shape index (κ2) is 9.18. The maximum Gasteiger partial charge on any atom is 0.226 e. The van der Waals surface area contributed by atoms with Gasteiger partial charge in [-0.25, -0.2) is 0 Å². The van der Waals surface area contributed by atoms with Gasteiger partial charge < -0.3 is 19.5 Å². The van der Waals surface area contributed by atoms with E-state index in [1.807, 2.05) is 42.5 Å². The van der Waals surface area contributed by atoms with Gasteiger partial charge in [-0.05, 0) is 24.1 Å². The minimum atomic E-state index is -0.135. The molecule has 3 rings (SSSR count). The van der Waals surface area contributed by atoms with Gasteiger partial charge >= 0.3 is 0 Å². The topological polar surface area (TPSA) is 82.6 Å². The highest BCUT2D eigenvalue weighted by Crippen LogP contribution is 2.38. The molecule has 1 N–H and O–H groups in total. The van der Waals surface area contributed by atoms with E-state index in [0.717, 1.165) is 22.7 Å². The minimum absolute atomic E-state index is 0.135. The number of nitrogens with zero attached hydrogens (tertiary/aromatic N) is 2. The lowest BCUT2D eigenvalue weighted by molar-refractivity contribution is -0.116. The van der Waals surface area contributed by atoms with Crippen molar-refractivity contribution in [2.24, 2.45) is 0 Å². The van der Waals surface area contributed by atoms with E-state index in [-0.39, 0.29) is 5.91 Å². The Bertz CT molecular complexity index is 919. The van der Waals surface area contributed by atoms with Crippen molar-refractivity contribution >= 4 is 22.6 Å². The van der Waals surface area contributed by atoms with Crippen LogP contribution in [-0.2, 0) is 11.2 Å². The number of benzene rings is 2. The first-order valence-corrected chi connectivity index (χ1v) is 9.39. The number of carbonyl (C=O) groups is 1. The molecule has 2 aromatic carbocycles. The van der Waals surface area contributed by atoms with Gasteiger partial charge in [0.25, 0.3) is 0 Å². The summed E-state index contributed by atoms with van der Waals surface area (Å²) in [4.78, 5) is 16.7. The molecule has 0 aliphatic rings. The largest absolute Gasteiger partial charge is 0.493 e. The maximum atomic E-state index is 12.3. The number of hydrogen-bond acceptors (Lipinski definition) is 7. The number of aryl methyl sites for hydroxylation is 1. The maximum absolute atomic E-state index is 12.3. The number of nitrogens with one attached hydrogen (secondary N) is 1. The van der Waals surface area contributed by atoms with Crippen LogP contribution in [0.3, 0.4) is 0 Å². The van der Waals surface area contributed by atoms with Crippen molar-refractivity contribution in [3.63, 3.8) is 0 Å². The van der Waals surface area contributed by atoms with Crippen molar-refractivity contribution in [2.45, 2.75) is 12.8 Å². The van der Waals surface area contributed by atoms with Gasteiger partial charge in [0, 0.05) is 23.5 Å². The van der Waals surface area contributed by atoms with Crippen molar-refractivity contribution in [2.75, 3.05) is 26.6 Å². The van der Waals surface area contributed by atoms with Gasteiger partial charge in [0.15, 0.2) is 17.3 Å². The molecule has 0 radical (unpaired) electrons. The average molecular weight is 399 g/mol. The van der Waals surface area contributed by atoms with Gasteiger partial charge in [-0.2, -0.15) is 9.36 Å². The van der Waals surface area contributed by atoms with E-state index in [2.05, 4.69) is 14.7 Å². The van der Waals surface area contributed by atoms with Crippen molar-refractivity contribution in [3.05, 3.63) is 48.0 Å². The van der Waals surface area contributed by atoms with Crippen LogP contribution in [0.15, 0.2) is 42.5 Å². The van der Waals surface area contributed by atoms with Crippen LogP contribution in [0.4, 0.5) is 5.13 Å². The van der Waals surface area contributed by atoms with E-state index < -0.39 is 0 Å². The van der Waals surface area contributed by atoms with E-state index in [0.29, 0.717) is 41.0 Å². The van der Waals surface area contributed by atoms with Crippen LogP contribution in [0, 0.1) is 0 Å². The number of hydrogen-bond donors (Lipinski definition) is 1. The third-order valence-electron chi connectivity index (χ3n) is 4.07. The summed E-state index contributed by atoms with van der Waals surface area (Å²) in [6.07, 6.45) is 0.811. The molecule has 0 bridgehead atoms. The van der Waals surface area contributed by atoms with Gasteiger partial charge in [0.2, 0.25) is 16.8 Å². The third-order valence-corrected chi connectivity index (χ3v) is 4.70. The Morgan fingerprint density at radius 1 is 1.04 bits per heavy atom. The van der Waals surface area contributed by atoms with Gasteiger partial charge in [0.1, 0.15) is 0 Å². The zero-order valence-electron chi connectivity index (χ0n) is 15.9. The lowest BCUT2D eigenvalue weighted by Gasteiger charge is -2.14. The molecule has 0 saturated carbocycles. The van der Waals surface area contributed by atoms with E-state index in [1.165, 1.54) is 0 Å². The van der Waals surface area contributed by atoms with Crippen molar-refractivity contribution in [3.8, 4) is 28.6 Å². The first-order valence-electron chi connectivity index (χ1n) is 8.62. The summed E-state index contributed by atoms with van der Waals surface area (Å²) in [5.41, 5.74) is 1.82. The van der Waals surface area contributed by atoms with E-state index in [9.17, 15) is 4.79 Å². The standard InChI is InChI=1S/C20H21N3O4S/c1-25-15-11-13(12-16(26-2)18(15)27-3)9-10-17(24)21-20-22-19(23-28-20)14-7-5-4-6-8-14/h4-8,11-12H,9-10H2,1-3H3,(H,21,22,23,24). The quantitative estimate of drug-likeness (QED) is 0.620. The second-order valence-electron chi connectivity index (χ2n) is 5.87. The van der Waals surface area contributed by atoms with Crippen LogP contribution < -0.4 is 19.5 Å². The predicted octanol–water partition coefficient (Wildman–Crippen LogP) is 3.80. The summed E-state index contributed by atoms with van der Waals surface area (Å²) in [7, 11) is 4.68. The van der Waals surface area contributed by atoms with E-state index in [1.54, 1.807) is 21.3 Å². The fraction of sp³-hybridized carbons (Fsp3) is 0.250. The highest BCUT2D eigenvalue weighted by Gasteiger charge is 2.14. The van der Waals surface area contributed by atoms with Crippen molar-refractivity contribution < 1.29 is 19.0 Å². The number of methoxy groups -OCH3 is 3. The summed E-state index contributed by atoms with van der Waals surface area (Å²) in [6.45, 7) is 0. The Kier molecular flexibility index (Phi) is 6.44. The molecule has 1 amide bonds. The van der Waals surface area contributed by atoms with Crippen molar-refractivity contribution in [1.82, 2.24) is 9.36 Å². The fourth-order valence-electron chi connectivity index (χ4n) is 2.70. The lowest BCUT2D eigenvalue weighted by atomic mass is 10.1. The number of aromatic nitrogens is 2. The van der Waals surface area contributed by atoms with Gasteiger partial charge in [-0.3, -0.25) is 4.79 Å². The molecule has 0 unspecified atom stereocenters. The molecule has 3 aromatic rings. The fourth-order valence-corrected chi connectivity index (χ4v) is 3.30. The smallest absolute Gasteiger partial charge is 0.226 e. The highest BCUT2D eigenvalue weighted by atomic mass is 32.1. The summed E-state index contributed by atoms with van der Waals surface area (Å²) < 4.78 is 20.3. The highest BCUT2D eigenvalue weighted by molar-refractivity contribution is 7.10. The first kappa shape index (κ1) is 19.6. The Morgan fingerprint density at radius 3 is 2.32 bits per heavy atom. The molecular weight excluding hydrogens is 378 g/mol. The second-order valence-corrected chi connectivity index (χ2v) is 6.62. The Hall–Kier alpha value is -3.13. The molecule has 1 heterocycles. The van der Waals surface area contributed by atoms with E-state index >= 15 is 0 Å². The monoisotopic (exact) mass is 399 g/mol. The van der Waals surface area contributed by atoms with Crippen LogP contribution in [0.2, 0.25) is 0 Å². The van der Waals surface area contributed by atoms with Gasteiger partial charge in [-0.1, -0.05) is 30.3 Å². The lowest BCUT2D eigenvalue weighted by Crippen LogP contribution is -2.12. The molecule has 0 aliphatic carbocycles. The summed E-state index contributed by atoms with van der Waals surface area (Å²) >= 11 is 1.16. The molecular formula is C20H21N3O4S. The zero-order chi connectivity index (χ0) is 19.9. The average Bonchev–Trinajstić information content (AvgIpc) is 3.20. The summed E-state index contributed by atoms with van der Waals surface area (Å²) in [5, 5.41) is 3.28. The Labute approximate surface area is 167 Å². The number of ether oxygens (including phenoxy) is 3. The minimum Gasteiger partial charge on any atom is -0.493 e. The van der Waals surface area contributed by atoms with Crippen LogP contribution in [0.25, 0.3) is 11.4 Å². The molecule has 0 spiro atoms. The van der Waals surface area contributed by atoms with E-state index in [4.69, 9.17) is 14.2 Å². The molecule has 0 saturated heterocycles. The summed E-state index contributed by atoms with van der Waals surface area (Å²) in [5.74, 6) is 2.12. The molecule has 8 heteroatoms. The normalized spacial score (nSPS) is 10.4. The number of carbonyl (C=O) groups excluding carboxylic acids is 1. The van der Waals surface area contributed by atoms with Crippen LogP contribution in [-0.4, -0.2) is 36.6 Å². The summed E-state index contributed by atoms with van der Waals surface area (Å²) in [6, 6.07) is 13.3. The van der Waals surface area contributed by atoms with Crippen LogP contribution in [0.5, 0.6) is 17.2 Å². The van der Waals surface area contributed by atoms with Crippen LogP contribution >= 0.6 is 11.5 Å². The molecule has 146 valence electrons. The zero-order valence-corrected chi connectivity index (χ0v) is 16.7. The number of rotatable bonds is 8. The Balaban J connectivity index is 1.63. The van der Waals surface area contributed by atoms with Gasteiger partial charge in [0.05, 0.1) is 21.3 Å². The molecule has 1 aromatic heterocycles. The molecule has 0 atom stereocenters.